The largest absolute Gasteiger partial charge is 0.347 e. The number of nitrogens with zero attached hydrogens (tertiary/aromatic N) is 1. The van der Waals surface area contributed by atoms with E-state index in [1.807, 2.05) is 0 Å². The molecule has 1 rings (SSSR count). The van der Waals surface area contributed by atoms with Crippen LogP contribution in [0.15, 0.2) is 17.2 Å². The van der Waals surface area contributed by atoms with E-state index in [1.165, 1.54) is 17.8 Å². The van der Waals surface area contributed by atoms with Crippen LogP contribution < -0.4 is 5.32 Å². The Morgan fingerprint density at radius 2 is 1.95 bits per heavy atom. The second kappa shape index (κ2) is 5.74. The minimum Gasteiger partial charge on any atom is -0.347 e. The van der Waals surface area contributed by atoms with Gasteiger partial charge >= 0.3 is 0 Å². The number of nitrogens with one attached hydrogen (secondary N) is 1. The van der Waals surface area contributed by atoms with Crippen LogP contribution in [-0.2, 0) is 25.9 Å². The molecule has 1 unspecified atom stereocenters. The summed E-state index contributed by atoms with van der Waals surface area (Å²) in [6.07, 6.45) is 2.27. The van der Waals surface area contributed by atoms with Crippen molar-refractivity contribution in [3.8, 4) is 0 Å². The van der Waals surface area contributed by atoms with Gasteiger partial charge in [-0.05, 0) is 13.0 Å². The molecule has 10 heteroatoms. The van der Waals surface area contributed by atoms with Crippen molar-refractivity contribution in [1.29, 1.82) is 0 Å². The third kappa shape index (κ3) is 4.80. The molecule has 1 N–H and O–H groups in total. The highest BCUT2D eigenvalue weighted by atomic mass is 35.7. The topological polar surface area (TPSA) is 102 Å². The van der Waals surface area contributed by atoms with E-state index in [0.29, 0.717) is 0 Å². The monoisotopic (exact) mass is 342 g/mol. The van der Waals surface area contributed by atoms with Gasteiger partial charge in [-0.1, -0.05) is 0 Å². The second-order valence-electron chi connectivity index (χ2n) is 4.58. The molecule has 0 spiro atoms. The summed E-state index contributed by atoms with van der Waals surface area (Å²) < 4.78 is 45.9. The number of carbonyl (C=O) groups excluding carboxylic acids is 1. The Morgan fingerprint density at radius 1 is 1.40 bits per heavy atom. The lowest BCUT2D eigenvalue weighted by Crippen LogP contribution is -2.38. The van der Waals surface area contributed by atoms with Gasteiger partial charge in [-0.25, -0.2) is 16.8 Å². The van der Waals surface area contributed by atoms with Gasteiger partial charge in [0.2, 0.25) is 0 Å². The molecule has 7 nitrogen and oxygen atoms in total. The fraction of sp³-hybridized carbons (Fsp3) is 0.500. The summed E-state index contributed by atoms with van der Waals surface area (Å²) in [5.74, 6) is -0.778. The van der Waals surface area contributed by atoms with Crippen LogP contribution >= 0.6 is 10.7 Å². The number of carbonyl (C=O) groups is 1. The summed E-state index contributed by atoms with van der Waals surface area (Å²) in [5, 5.41) is 2.48. The Labute approximate surface area is 122 Å². The van der Waals surface area contributed by atoms with Crippen molar-refractivity contribution in [2.75, 3.05) is 12.0 Å². The fourth-order valence-corrected chi connectivity index (χ4v) is 3.47. The molecule has 0 saturated heterocycles. The van der Waals surface area contributed by atoms with Crippen molar-refractivity contribution in [2.45, 2.75) is 17.9 Å². The normalized spacial score (nSPS) is 14.0. The average molecular weight is 343 g/mol. The Balaban J connectivity index is 2.91. The molecule has 0 fully saturated rings. The maximum atomic E-state index is 11.9. The van der Waals surface area contributed by atoms with Crippen molar-refractivity contribution >= 4 is 35.5 Å². The van der Waals surface area contributed by atoms with Gasteiger partial charge in [0.15, 0.2) is 0 Å². The van der Waals surface area contributed by atoms with Crippen LogP contribution in [0.5, 0.6) is 0 Å². The Hall–Kier alpha value is -1.06. The molecule has 0 aliphatic carbocycles. The van der Waals surface area contributed by atoms with Gasteiger partial charge in [0.05, 0.1) is 5.75 Å². The molecule has 0 saturated carbocycles. The summed E-state index contributed by atoms with van der Waals surface area (Å²) >= 11 is 0. The molecule has 0 radical (unpaired) electrons. The molecule has 1 heterocycles. The highest BCUT2D eigenvalue weighted by molar-refractivity contribution is 8.13. The third-order valence-corrected chi connectivity index (χ3v) is 4.85. The lowest BCUT2D eigenvalue weighted by atomic mass is 10.3. The summed E-state index contributed by atoms with van der Waals surface area (Å²) in [7, 11) is -0.461. The van der Waals surface area contributed by atoms with E-state index >= 15 is 0 Å². The van der Waals surface area contributed by atoms with Crippen LogP contribution in [-0.4, -0.2) is 45.4 Å². The maximum absolute atomic E-state index is 11.9. The first-order valence-corrected chi connectivity index (χ1v) is 9.87. The van der Waals surface area contributed by atoms with Gasteiger partial charge in [-0.3, -0.25) is 4.79 Å². The van der Waals surface area contributed by atoms with Crippen molar-refractivity contribution in [1.82, 2.24) is 9.88 Å². The fourth-order valence-electron chi connectivity index (χ4n) is 1.69. The average Bonchev–Trinajstić information content (AvgIpc) is 2.56. The summed E-state index contributed by atoms with van der Waals surface area (Å²) in [6.45, 7) is 1.54. The number of halogens is 1. The Bertz CT molecular complexity index is 721. The van der Waals surface area contributed by atoms with Crippen LogP contribution in [0.3, 0.4) is 0 Å². The van der Waals surface area contributed by atoms with Crippen LogP contribution in [0, 0.1) is 0 Å². The highest BCUT2D eigenvalue weighted by Gasteiger charge is 2.20. The Kier molecular flexibility index (Phi) is 4.88. The second-order valence-corrected chi connectivity index (χ2v) is 9.33. The lowest BCUT2D eigenvalue weighted by Gasteiger charge is -2.12. The molecule has 0 aliphatic rings. The quantitative estimate of drug-likeness (QED) is 0.765. The number of aromatic nitrogens is 1. The first-order valence-electron chi connectivity index (χ1n) is 5.50. The summed E-state index contributed by atoms with van der Waals surface area (Å²) in [4.78, 5) is 11.7. The van der Waals surface area contributed by atoms with E-state index < -0.39 is 30.8 Å². The lowest BCUT2D eigenvalue weighted by molar-refractivity contribution is 0.0935. The molecular weight excluding hydrogens is 328 g/mol. The maximum Gasteiger partial charge on any atom is 0.268 e. The predicted molar refractivity (Wildman–Crippen MR) is 75.1 cm³/mol. The molecule has 1 atom stereocenters. The first-order chi connectivity index (χ1) is 8.90. The van der Waals surface area contributed by atoms with Crippen LogP contribution in [0.2, 0.25) is 0 Å². The van der Waals surface area contributed by atoms with E-state index in [-0.39, 0.29) is 16.3 Å². The first kappa shape index (κ1) is 17.0. The zero-order valence-electron chi connectivity index (χ0n) is 11.1. The number of sulfone groups is 1. The molecule has 0 aromatic carbocycles. The van der Waals surface area contributed by atoms with Crippen molar-refractivity contribution in [3.63, 3.8) is 0 Å². The molecule has 114 valence electrons. The SMILES string of the molecule is CC(CS(C)(=O)=O)NC(=O)c1cc(S(=O)(=O)Cl)cn1C. The molecule has 1 aromatic rings. The zero-order chi connectivity index (χ0) is 15.7. The smallest absolute Gasteiger partial charge is 0.268 e. The van der Waals surface area contributed by atoms with Crippen LogP contribution in [0.4, 0.5) is 0 Å². The van der Waals surface area contributed by atoms with E-state index in [1.54, 1.807) is 6.92 Å². The number of amides is 1. The predicted octanol–water partition coefficient (Wildman–Crippen LogP) is 0.115. The molecule has 1 amide bonds. The highest BCUT2D eigenvalue weighted by Crippen LogP contribution is 2.17. The minimum atomic E-state index is -3.92. The molecule has 1 aromatic heterocycles. The van der Waals surface area contributed by atoms with Crippen LogP contribution in [0.25, 0.3) is 0 Å². The standard InChI is InChI=1S/C10H15ClN2O5S2/c1-7(6-19(3,15)16)12-10(14)9-4-8(5-13(9)2)20(11,17)18/h4-5,7H,6H2,1-3H3,(H,12,14). The van der Waals surface area contributed by atoms with Crippen LogP contribution in [0.1, 0.15) is 17.4 Å². The van der Waals surface area contributed by atoms with Gasteiger partial charge in [0.1, 0.15) is 20.4 Å². The number of rotatable bonds is 5. The van der Waals surface area contributed by atoms with E-state index in [9.17, 15) is 21.6 Å². The van der Waals surface area contributed by atoms with Gasteiger partial charge < -0.3 is 9.88 Å². The van der Waals surface area contributed by atoms with E-state index in [0.717, 1.165) is 12.3 Å². The summed E-state index contributed by atoms with van der Waals surface area (Å²) in [5.41, 5.74) is 0.0737. The third-order valence-electron chi connectivity index (χ3n) is 2.42. The Morgan fingerprint density at radius 3 is 2.35 bits per heavy atom. The number of aryl methyl sites for hydroxylation is 1. The summed E-state index contributed by atoms with van der Waals surface area (Å²) in [6, 6.07) is 0.536. The van der Waals surface area contributed by atoms with Gasteiger partial charge in [-0.2, -0.15) is 0 Å². The zero-order valence-corrected chi connectivity index (χ0v) is 13.5. The molecule has 0 aliphatic heterocycles. The van der Waals surface area contributed by atoms with Gasteiger partial charge in [0.25, 0.3) is 15.0 Å². The number of hydrogen-bond acceptors (Lipinski definition) is 5. The molecular formula is C10H15ClN2O5S2. The van der Waals surface area contributed by atoms with Gasteiger partial charge in [0, 0.05) is 36.2 Å². The van der Waals surface area contributed by atoms with Gasteiger partial charge in [-0.15, -0.1) is 0 Å². The molecule has 20 heavy (non-hydrogen) atoms. The van der Waals surface area contributed by atoms with Crippen molar-refractivity contribution < 1.29 is 21.6 Å². The van der Waals surface area contributed by atoms with Crippen molar-refractivity contribution in [2.24, 2.45) is 7.05 Å². The van der Waals surface area contributed by atoms with E-state index in [2.05, 4.69) is 5.32 Å². The number of hydrogen-bond donors (Lipinski definition) is 1. The minimum absolute atomic E-state index is 0.0737. The van der Waals surface area contributed by atoms with Crippen molar-refractivity contribution in [3.05, 3.63) is 18.0 Å². The van der Waals surface area contributed by atoms with E-state index in [4.69, 9.17) is 10.7 Å². The molecule has 0 bridgehead atoms.